The zero-order valence-electron chi connectivity index (χ0n) is 9.47. The van der Waals surface area contributed by atoms with Gasteiger partial charge >= 0.3 is 5.97 Å². The molecule has 0 aliphatic heterocycles. The maximum absolute atomic E-state index is 10.5. The molecular weight excluding hydrogens is 208 g/mol. The molecule has 88 valence electrons. The number of hydrogen-bond acceptors (Lipinski definition) is 3. The third kappa shape index (κ3) is 3.64. The molecule has 0 aliphatic carbocycles. The molecule has 1 atom stereocenters. The van der Waals surface area contributed by atoms with Gasteiger partial charge in [-0.15, -0.1) is 0 Å². The number of benzene rings is 1. The zero-order valence-corrected chi connectivity index (χ0v) is 9.47. The molecule has 0 aromatic heterocycles. The van der Waals surface area contributed by atoms with Gasteiger partial charge in [0.05, 0.1) is 13.0 Å². The Labute approximate surface area is 94.8 Å². The van der Waals surface area contributed by atoms with Crippen molar-refractivity contribution in [2.24, 2.45) is 0 Å². The van der Waals surface area contributed by atoms with Gasteiger partial charge in [0.25, 0.3) is 0 Å². The van der Waals surface area contributed by atoms with Crippen molar-refractivity contribution in [3.8, 4) is 0 Å². The predicted octanol–water partition coefficient (Wildman–Crippen LogP) is 1.65. The van der Waals surface area contributed by atoms with Crippen LogP contribution in [-0.2, 0) is 20.7 Å². The van der Waals surface area contributed by atoms with Crippen LogP contribution < -0.4 is 0 Å². The van der Waals surface area contributed by atoms with E-state index in [0.29, 0.717) is 6.61 Å². The standard InChI is InChI=1S/C12H16O4/c1-15-8-11(16-2)10-5-3-9(4-6-10)7-12(13)14/h3-6,11H,7-8H2,1-2H3,(H,13,14)/t11-/m0/s1. The summed E-state index contributed by atoms with van der Waals surface area (Å²) in [7, 11) is 3.24. The summed E-state index contributed by atoms with van der Waals surface area (Å²) in [6, 6.07) is 7.33. The molecule has 4 heteroatoms. The highest BCUT2D eigenvalue weighted by Gasteiger charge is 2.10. The number of carboxylic acid groups (broad SMARTS) is 1. The van der Waals surface area contributed by atoms with Gasteiger partial charge in [-0.25, -0.2) is 0 Å². The molecule has 1 aromatic rings. The summed E-state index contributed by atoms with van der Waals surface area (Å²) < 4.78 is 10.3. The molecular formula is C12H16O4. The lowest BCUT2D eigenvalue weighted by Gasteiger charge is -2.14. The maximum Gasteiger partial charge on any atom is 0.307 e. The SMILES string of the molecule is COC[C@H](OC)c1ccc(CC(=O)O)cc1. The average molecular weight is 224 g/mol. The number of methoxy groups -OCH3 is 2. The highest BCUT2D eigenvalue weighted by Crippen LogP contribution is 2.17. The van der Waals surface area contributed by atoms with Crippen LogP contribution in [0.3, 0.4) is 0 Å². The van der Waals surface area contributed by atoms with Crippen molar-refractivity contribution >= 4 is 5.97 Å². The fourth-order valence-corrected chi connectivity index (χ4v) is 1.48. The first-order chi connectivity index (χ1) is 7.67. The number of ether oxygens (including phenoxy) is 2. The minimum absolute atomic E-state index is 0.0439. The first kappa shape index (κ1) is 12.7. The Morgan fingerprint density at radius 1 is 1.31 bits per heavy atom. The van der Waals surface area contributed by atoms with E-state index in [1.165, 1.54) is 0 Å². The summed E-state index contributed by atoms with van der Waals surface area (Å²) in [5, 5.41) is 8.63. The van der Waals surface area contributed by atoms with E-state index in [2.05, 4.69) is 0 Å². The van der Waals surface area contributed by atoms with Crippen molar-refractivity contribution < 1.29 is 19.4 Å². The molecule has 1 aromatic carbocycles. The number of carboxylic acids is 1. The largest absolute Gasteiger partial charge is 0.481 e. The van der Waals surface area contributed by atoms with E-state index in [1.54, 1.807) is 26.4 Å². The molecule has 4 nitrogen and oxygen atoms in total. The highest BCUT2D eigenvalue weighted by molar-refractivity contribution is 5.70. The molecule has 0 saturated heterocycles. The van der Waals surface area contributed by atoms with E-state index < -0.39 is 5.97 Å². The molecule has 16 heavy (non-hydrogen) atoms. The molecule has 0 aliphatic rings. The van der Waals surface area contributed by atoms with Crippen molar-refractivity contribution in [2.45, 2.75) is 12.5 Å². The van der Waals surface area contributed by atoms with Gasteiger partial charge in [-0.2, -0.15) is 0 Å². The van der Waals surface area contributed by atoms with Crippen LogP contribution in [0.4, 0.5) is 0 Å². The normalized spacial score (nSPS) is 12.4. The summed E-state index contributed by atoms with van der Waals surface area (Å²) in [4.78, 5) is 10.5. The maximum atomic E-state index is 10.5. The fourth-order valence-electron chi connectivity index (χ4n) is 1.48. The molecule has 0 unspecified atom stereocenters. The van der Waals surface area contributed by atoms with E-state index in [-0.39, 0.29) is 12.5 Å². The van der Waals surface area contributed by atoms with Gasteiger partial charge in [-0.05, 0) is 11.1 Å². The van der Waals surface area contributed by atoms with Crippen LogP contribution in [-0.4, -0.2) is 31.9 Å². The van der Waals surface area contributed by atoms with Crippen LogP contribution in [0.25, 0.3) is 0 Å². The second-order valence-electron chi connectivity index (χ2n) is 3.49. The van der Waals surface area contributed by atoms with Gasteiger partial charge in [0.15, 0.2) is 0 Å². The average Bonchev–Trinajstić information content (AvgIpc) is 2.26. The quantitative estimate of drug-likeness (QED) is 0.798. The highest BCUT2D eigenvalue weighted by atomic mass is 16.5. The Balaban J connectivity index is 2.72. The lowest BCUT2D eigenvalue weighted by Crippen LogP contribution is -2.08. The van der Waals surface area contributed by atoms with Crippen LogP contribution in [0.15, 0.2) is 24.3 Å². The van der Waals surface area contributed by atoms with Crippen LogP contribution in [0.2, 0.25) is 0 Å². The number of rotatable bonds is 6. The molecule has 0 saturated carbocycles. The van der Waals surface area contributed by atoms with Crippen LogP contribution in [0.5, 0.6) is 0 Å². The Hall–Kier alpha value is -1.39. The Kier molecular flexibility index (Phi) is 4.95. The van der Waals surface area contributed by atoms with Gasteiger partial charge < -0.3 is 14.6 Å². The van der Waals surface area contributed by atoms with Crippen molar-refractivity contribution in [1.29, 1.82) is 0 Å². The first-order valence-electron chi connectivity index (χ1n) is 4.99. The molecule has 0 amide bonds. The van der Waals surface area contributed by atoms with Crippen molar-refractivity contribution in [2.75, 3.05) is 20.8 Å². The fraction of sp³-hybridized carbons (Fsp3) is 0.417. The van der Waals surface area contributed by atoms with Crippen molar-refractivity contribution in [1.82, 2.24) is 0 Å². The van der Waals surface area contributed by atoms with Gasteiger partial charge in [-0.1, -0.05) is 24.3 Å². The lowest BCUT2D eigenvalue weighted by atomic mass is 10.1. The lowest BCUT2D eigenvalue weighted by molar-refractivity contribution is -0.136. The van der Waals surface area contributed by atoms with E-state index >= 15 is 0 Å². The third-order valence-electron chi connectivity index (χ3n) is 2.31. The van der Waals surface area contributed by atoms with Crippen molar-refractivity contribution in [3.63, 3.8) is 0 Å². The van der Waals surface area contributed by atoms with Gasteiger partial charge in [-0.3, -0.25) is 4.79 Å². The van der Waals surface area contributed by atoms with Crippen LogP contribution >= 0.6 is 0 Å². The molecule has 1 rings (SSSR count). The minimum Gasteiger partial charge on any atom is -0.481 e. The van der Waals surface area contributed by atoms with Gasteiger partial charge in [0.2, 0.25) is 0 Å². The predicted molar refractivity (Wildman–Crippen MR) is 59.4 cm³/mol. The summed E-state index contributed by atoms with van der Waals surface area (Å²) in [6.45, 7) is 0.481. The topological polar surface area (TPSA) is 55.8 Å². The van der Waals surface area contributed by atoms with Crippen molar-refractivity contribution in [3.05, 3.63) is 35.4 Å². The molecule has 0 radical (unpaired) electrons. The Morgan fingerprint density at radius 3 is 2.38 bits per heavy atom. The van der Waals surface area contributed by atoms with Crippen LogP contribution in [0.1, 0.15) is 17.2 Å². The van der Waals surface area contributed by atoms with Gasteiger partial charge in [0.1, 0.15) is 6.10 Å². The van der Waals surface area contributed by atoms with Gasteiger partial charge in [0, 0.05) is 14.2 Å². The summed E-state index contributed by atoms with van der Waals surface area (Å²) in [6.07, 6.45) is -0.0637. The Morgan fingerprint density at radius 2 is 1.94 bits per heavy atom. The molecule has 0 bridgehead atoms. The van der Waals surface area contributed by atoms with E-state index in [1.807, 2.05) is 12.1 Å². The summed E-state index contributed by atoms with van der Waals surface area (Å²) in [5.74, 6) is -0.826. The summed E-state index contributed by atoms with van der Waals surface area (Å²) in [5.41, 5.74) is 1.77. The second kappa shape index (κ2) is 6.25. The molecule has 1 N–H and O–H groups in total. The summed E-state index contributed by atoms with van der Waals surface area (Å²) >= 11 is 0. The minimum atomic E-state index is -0.826. The molecule has 0 spiro atoms. The third-order valence-corrected chi connectivity index (χ3v) is 2.31. The number of carbonyl (C=O) groups is 1. The second-order valence-corrected chi connectivity index (χ2v) is 3.49. The number of aliphatic carboxylic acids is 1. The van der Waals surface area contributed by atoms with E-state index in [9.17, 15) is 4.79 Å². The first-order valence-corrected chi connectivity index (χ1v) is 4.99. The molecule has 0 fully saturated rings. The smallest absolute Gasteiger partial charge is 0.307 e. The van der Waals surface area contributed by atoms with Crippen LogP contribution in [0, 0.1) is 0 Å². The molecule has 0 heterocycles. The zero-order chi connectivity index (χ0) is 12.0. The Bertz CT molecular complexity index is 331. The number of hydrogen-bond donors (Lipinski definition) is 1. The monoisotopic (exact) mass is 224 g/mol. The van der Waals surface area contributed by atoms with E-state index in [0.717, 1.165) is 11.1 Å². The van der Waals surface area contributed by atoms with E-state index in [4.69, 9.17) is 14.6 Å².